The molecule has 0 aromatic carbocycles. The smallest absolute Gasteiger partial charge is 0.303 e. The molecule has 1 atom stereocenters. The van der Waals surface area contributed by atoms with E-state index in [1.807, 2.05) is 32.9 Å². The maximum absolute atomic E-state index is 10.5. The quantitative estimate of drug-likeness (QED) is 0.826. The van der Waals surface area contributed by atoms with E-state index >= 15 is 0 Å². The minimum absolute atomic E-state index is 0.110. The van der Waals surface area contributed by atoms with Gasteiger partial charge < -0.3 is 9.84 Å². The summed E-state index contributed by atoms with van der Waals surface area (Å²) in [5.41, 5.74) is 1.89. The van der Waals surface area contributed by atoms with Gasteiger partial charge in [0, 0.05) is 12.1 Å². The third-order valence-electron chi connectivity index (χ3n) is 2.50. The van der Waals surface area contributed by atoms with Crippen molar-refractivity contribution in [3.8, 4) is 5.75 Å². The summed E-state index contributed by atoms with van der Waals surface area (Å²) in [6.07, 6.45) is 1.33. The molecule has 0 fully saturated rings. The monoisotopic (exact) mass is 237 g/mol. The summed E-state index contributed by atoms with van der Waals surface area (Å²) in [4.78, 5) is 14.9. The lowest BCUT2D eigenvalue weighted by Crippen LogP contribution is -2.15. The SMILES string of the molecule is CCc1nc(C)ccc1OC(C)CCC(=O)O. The van der Waals surface area contributed by atoms with Gasteiger partial charge in [0.05, 0.1) is 11.8 Å². The van der Waals surface area contributed by atoms with Crippen LogP contribution in [-0.4, -0.2) is 22.2 Å². The van der Waals surface area contributed by atoms with Gasteiger partial charge in [0.25, 0.3) is 0 Å². The standard InChI is InChI=1S/C13H19NO3/c1-4-11-12(7-5-9(2)14-11)17-10(3)6-8-13(15)16/h5,7,10H,4,6,8H2,1-3H3,(H,15,16). The number of ether oxygens (including phenoxy) is 1. The minimum Gasteiger partial charge on any atom is -0.489 e. The Kier molecular flexibility index (Phi) is 4.94. The number of hydrogen-bond acceptors (Lipinski definition) is 3. The van der Waals surface area contributed by atoms with E-state index in [-0.39, 0.29) is 12.5 Å². The van der Waals surface area contributed by atoms with Crippen LogP contribution in [-0.2, 0) is 11.2 Å². The van der Waals surface area contributed by atoms with E-state index in [0.29, 0.717) is 6.42 Å². The van der Waals surface area contributed by atoms with Crippen LogP contribution in [0, 0.1) is 6.92 Å². The van der Waals surface area contributed by atoms with Crippen molar-refractivity contribution >= 4 is 5.97 Å². The van der Waals surface area contributed by atoms with Crippen molar-refractivity contribution in [2.75, 3.05) is 0 Å². The fourth-order valence-electron chi connectivity index (χ4n) is 1.56. The second-order valence-electron chi connectivity index (χ2n) is 4.11. The first-order valence-electron chi connectivity index (χ1n) is 5.88. The highest BCUT2D eigenvalue weighted by Gasteiger charge is 2.10. The summed E-state index contributed by atoms with van der Waals surface area (Å²) in [5.74, 6) is -0.0332. The third-order valence-corrected chi connectivity index (χ3v) is 2.50. The Hall–Kier alpha value is -1.58. The Morgan fingerprint density at radius 3 is 2.82 bits per heavy atom. The molecule has 1 aromatic heterocycles. The van der Waals surface area contributed by atoms with Gasteiger partial charge in [-0.3, -0.25) is 9.78 Å². The number of aryl methyl sites for hydroxylation is 2. The first kappa shape index (κ1) is 13.5. The zero-order valence-corrected chi connectivity index (χ0v) is 10.6. The molecular formula is C13H19NO3. The van der Waals surface area contributed by atoms with Crippen LogP contribution in [0.2, 0.25) is 0 Å². The summed E-state index contributed by atoms with van der Waals surface area (Å²) < 4.78 is 5.72. The molecule has 0 spiro atoms. The van der Waals surface area contributed by atoms with Crippen molar-refractivity contribution in [3.63, 3.8) is 0 Å². The molecule has 4 heteroatoms. The summed E-state index contributed by atoms with van der Waals surface area (Å²) >= 11 is 0. The predicted octanol–water partition coefficient (Wildman–Crippen LogP) is 2.58. The Bertz CT molecular complexity index is 390. The van der Waals surface area contributed by atoms with Gasteiger partial charge in [-0.2, -0.15) is 0 Å². The third kappa shape index (κ3) is 4.43. The molecule has 0 amide bonds. The average molecular weight is 237 g/mol. The summed E-state index contributed by atoms with van der Waals surface area (Å²) in [5, 5.41) is 8.60. The van der Waals surface area contributed by atoms with Gasteiger partial charge in [-0.1, -0.05) is 6.92 Å². The van der Waals surface area contributed by atoms with Gasteiger partial charge in [-0.05, 0) is 38.8 Å². The largest absolute Gasteiger partial charge is 0.489 e. The van der Waals surface area contributed by atoms with Crippen LogP contribution < -0.4 is 4.74 Å². The van der Waals surface area contributed by atoms with E-state index in [2.05, 4.69) is 4.98 Å². The molecule has 1 rings (SSSR count). The number of nitrogens with zero attached hydrogens (tertiary/aromatic N) is 1. The van der Waals surface area contributed by atoms with Gasteiger partial charge >= 0.3 is 5.97 Å². The topological polar surface area (TPSA) is 59.4 Å². The van der Waals surface area contributed by atoms with Crippen molar-refractivity contribution in [2.24, 2.45) is 0 Å². The first-order valence-corrected chi connectivity index (χ1v) is 5.88. The fraction of sp³-hybridized carbons (Fsp3) is 0.538. The molecule has 0 aliphatic heterocycles. The van der Waals surface area contributed by atoms with E-state index in [0.717, 1.165) is 23.6 Å². The molecule has 1 unspecified atom stereocenters. The minimum atomic E-state index is -0.793. The highest BCUT2D eigenvalue weighted by Crippen LogP contribution is 2.20. The molecule has 0 saturated carbocycles. The van der Waals surface area contributed by atoms with Gasteiger partial charge in [0.15, 0.2) is 0 Å². The Labute approximate surface area is 102 Å². The molecule has 1 N–H and O–H groups in total. The maximum atomic E-state index is 10.5. The molecule has 0 aliphatic carbocycles. The molecule has 1 aromatic rings. The van der Waals surface area contributed by atoms with E-state index in [4.69, 9.17) is 9.84 Å². The van der Waals surface area contributed by atoms with E-state index in [9.17, 15) is 4.79 Å². The van der Waals surface area contributed by atoms with Crippen LogP contribution in [0.4, 0.5) is 0 Å². The zero-order valence-electron chi connectivity index (χ0n) is 10.6. The van der Waals surface area contributed by atoms with Gasteiger partial charge in [0.1, 0.15) is 5.75 Å². The van der Waals surface area contributed by atoms with Crippen LogP contribution in [0.25, 0.3) is 0 Å². The van der Waals surface area contributed by atoms with Crippen molar-refractivity contribution in [1.29, 1.82) is 0 Å². The summed E-state index contributed by atoms with van der Waals surface area (Å²) in [6.45, 7) is 5.84. The molecular weight excluding hydrogens is 218 g/mol. The summed E-state index contributed by atoms with van der Waals surface area (Å²) in [6, 6.07) is 3.80. The highest BCUT2D eigenvalue weighted by atomic mass is 16.5. The van der Waals surface area contributed by atoms with Crippen molar-refractivity contribution < 1.29 is 14.6 Å². The van der Waals surface area contributed by atoms with Crippen molar-refractivity contribution in [1.82, 2.24) is 4.98 Å². The lowest BCUT2D eigenvalue weighted by Gasteiger charge is -2.16. The number of aliphatic carboxylic acids is 1. The number of rotatable bonds is 6. The van der Waals surface area contributed by atoms with Crippen LogP contribution in [0.3, 0.4) is 0 Å². The van der Waals surface area contributed by atoms with Crippen molar-refractivity contribution in [3.05, 3.63) is 23.5 Å². The van der Waals surface area contributed by atoms with E-state index in [1.165, 1.54) is 0 Å². The van der Waals surface area contributed by atoms with Gasteiger partial charge in [-0.25, -0.2) is 0 Å². The average Bonchev–Trinajstić information content (AvgIpc) is 2.28. The number of aromatic nitrogens is 1. The lowest BCUT2D eigenvalue weighted by atomic mass is 10.2. The molecule has 0 saturated heterocycles. The second kappa shape index (κ2) is 6.23. The van der Waals surface area contributed by atoms with Crippen LogP contribution in [0.5, 0.6) is 5.75 Å². The zero-order chi connectivity index (χ0) is 12.8. The summed E-state index contributed by atoms with van der Waals surface area (Å²) in [7, 11) is 0. The molecule has 0 aliphatic rings. The fourth-order valence-corrected chi connectivity index (χ4v) is 1.56. The van der Waals surface area contributed by atoms with Crippen LogP contribution >= 0.6 is 0 Å². The van der Waals surface area contributed by atoms with Crippen LogP contribution in [0.1, 0.15) is 38.1 Å². The van der Waals surface area contributed by atoms with Gasteiger partial charge in [-0.15, -0.1) is 0 Å². The maximum Gasteiger partial charge on any atom is 0.303 e. The first-order chi connectivity index (χ1) is 8.02. The normalized spacial score (nSPS) is 12.2. The number of carbonyl (C=O) groups is 1. The van der Waals surface area contributed by atoms with Crippen LogP contribution in [0.15, 0.2) is 12.1 Å². The molecule has 1 heterocycles. The number of carboxylic acid groups (broad SMARTS) is 1. The van der Waals surface area contributed by atoms with E-state index < -0.39 is 5.97 Å². The number of carboxylic acids is 1. The lowest BCUT2D eigenvalue weighted by molar-refractivity contribution is -0.137. The Morgan fingerprint density at radius 1 is 1.53 bits per heavy atom. The highest BCUT2D eigenvalue weighted by molar-refractivity contribution is 5.66. The molecule has 4 nitrogen and oxygen atoms in total. The molecule has 17 heavy (non-hydrogen) atoms. The van der Waals surface area contributed by atoms with Crippen molar-refractivity contribution in [2.45, 2.75) is 46.1 Å². The number of pyridine rings is 1. The van der Waals surface area contributed by atoms with E-state index in [1.54, 1.807) is 0 Å². The second-order valence-corrected chi connectivity index (χ2v) is 4.11. The molecule has 0 radical (unpaired) electrons. The molecule has 94 valence electrons. The Morgan fingerprint density at radius 2 is 2.24 bits per heavy atom. The van der Waals surface area contributed by atoms with Gasteiger partial charge in [0.2, 0.25) is 0 Å². The molecule has 0 bridgehead atoms. The Balaban J connectivity index is 2.64. The number of hydrogen-bond donors (Lipinski definition) is 1. The predicted molar refractivity (Wildman–Crippen MR) is 65.3 cm³/mol.